The first-order valence-corrected chi connectivity index (χ1v) is 13.5. The van der Waals surface area contributed by atoms with Gasteiger partial charge in [0.2, 0.25) is 11.6 Å². The summed E-state index contributed by atoms with van der Waals surface area (Å²) in [7, 11) is 1.31. The summed E-state index contributed by atoms with van der Waals surface area (Å²) < 4.78 is 21.7. The summed E-state index contributed by atoms with van der Waals surface area (Å²) in [6, 6.07) is 3.52. The van der Waals surface area contributed by atoms with Crippen LogP contribution in [0.1, 0.15) is 68.8 Å². The van der Waals surface area contributed by atoms with Gasteiger partial charge in [-0.05, 0) is 13.0 Å². The van der Waals surface area contributed by atoms with Crippen molar-refractivity contribution < 1.29 is 63.7 Å². The molecule has 14 nitrogen and oxygen atoms in total. The largest absolute Gasteiger partial charge is 0.507 e. The smallest absolute Gasteiger partial charge is 0.332 e. The predicted molar refractivity (Wildman–Crippen MR) is 150 cm³/mol. The number of fused-ring (bicyclic) bond motifs is 3. The molecule has 0 radical (unpaired) electrons. The number of Topliss-reactive ketones (excluding diaryl/α,β-unsaturated/α-hetero) is 1. The molecular formula is C29H32ClNO13. The molecule has 1 aliphatic heterocycles. The van der Waals surface area contributed by atoms with E-state index in [9.17, 15) is 39.6 Å². The number of rotatable bonds is 7. The van der Waals surface area contributed by atoms with Crippen molar-refractivity contribution in [2.24, 2.45) is 5.73 Å². The Morgan fingerprint density at radius 1 is 1.11 bits per heavy atom. The third-order valence-corrected chi connectivity index (χ3v) is 8.16. The van der Waals surface area contributed by atoms with Crippen LogP contribution in [0.5, 0.6) is 17.2 Å². The van der Waals surface area contributed by atoms with Gasteiger partial charge in [0.1, 0.15) is 29.5 Å². The molecule has 0 aromatic heterocycles. The van der Waals surface area contributed by atoms with E-state index in [-0.39, 0.29) is 46.8 Å². The van der Waals surface area contributed by atoms with Gasteiger partial charge in [0, 0.05) is 42.0 Å². The van der Waals surface area contributed by atoms with Crippen molar-refractivity contribution in [1.82, 2.24) is 0 Å². The lowest BCUT2D eigenvalue weighted by atomic mass is 9.72. The summed E-state index contributed by atoms with van der Waals surface area (Å²) in [6.07, 6.45) is -5.58. The number of aliphatic hydroxyl groups is 3. The van der Waals surface area contributed by atoms with Crippen LogP contribution in [-0.2, 0) is 30.2 Å². The zero-order valence-corrected chi connectivity index (χ0v) is 24.5. The Morgan fingerprint density at radius 2 is 1.80 bits per heavy atom. The first-order valence-electron chi connectivity index (χ1n) is 13.5. The summed E-state index contributed by atoms with van der Waals surface area (Å²) in [5.41, 5.74) is 1.99. The van der Waals surface area contributed by atoms with Crippen molar-refractivity contribution in [2.45, 2.75) is 62.4 Å². The highest BCUT2D eigenvalue weighted by atomic mass is 35.5. The quantitative estimate of drug-likeness (QED) is 0.147. The Hall–Kier alpha value is -3.63. The van der Waals surface area contributed by atoms with Crippen molar-refractivity contribution >= 4 is 35.7 Å². The molecule has 0 bridgehead atoms. The maximum absolute atomic E-state index is 13.7. The molecule has 15 heteroatoms. The molecule has 6 atom stereocenters. The lowest BCUT2D eigenvalue weighted by Crippen LogP contribution is -2.53. The predicted octanol–water partition coefficient (Wildman–Crippen LogP) is -0.0337. The van der Waals surface area contributed by atoms with Gasteiger partial charge in [0.15, 0.2) is 18.7 Å². The van der Waals surface area contributed by atoms with Crippen LogP contribution in [0.15, 0.2) is 18.2 Å². The fourth-order valence-corrected chi connectivity index (χ4v) is 5.93. The number of carbonyl (C=O) groups excluding carboxylic acids is 4. The van der Waals surface area contributed by atoms with Crippen LogP contribution >= 0.6 is 12.4 Å². The number of aromatic hydroxyl groups is 2. The highest BCUT2D eigenvalue weighted by Gasteiger charge is 2.50. The second-order valence-corrected chi connectivity index (χ2v) is 10.8. The van der Waals surface area contributed by atoms with Gasteiger partial charge in [-0.15, -0.1) is 12.4 Å². The topological polar surface area (TPSA) is 232 Å². The van der Waals surface area contributed by atoms with E-state index in [4.69, 9.17) is 29.8 Å². The molecule has 5 rings (SSSR count). The van der Waals surface area contributed by atoms with Gasteiger partial charge in [-0.2, -0.15) is 0 Å². The first kappa shape index (κ1) is 33.3. The highest BCUT2D eigenvalue weighted by Crippen LogP contribution is 2.52. The third-order valence-electron chi connectivity index (χ3n) is 8.16. The maximum Gasteiger partial charge on any atom is 0.332 e. The normalized spacial score (nSPS) is 27.4. The average Bonchev–Trinajstić information content (AvgIpc) is 2.98. The number of benzene rings is 2. The molecule has 3 aliphatic rings. The van der Waals surface area contributed by atoms with E-state index in [0.29, 0.717) is 0 Å². The number of phenols is 2. The second-order valence-electron chi connectivity index (χ2n) is 10.8. The van der Waals surface area contributed by atoms with Gasteiger partial charge in [-0.3, -0.25) is 14.4 Å². The molecular weight excluding hydrogens is 606 g/mol. The molecule has 1 saturated heterocycles. The number of hydrogen-bond acceptors (Lipinski definition) is 14. The van der Waals surface area contributed by atoms with Gasteiger partial charge < -0.3 is 50.2 Å². The standard InChI is InChI=1S/C29H31NO13.ClH/c1-11-24(34)14(30)6-19(42-11)43-16-8-29(39,17(32)10-41-18(33)9-31)7-13-21(16)28(38)23-22(26(13)36)25(35)12-4-3-5-15(40-2)20(12)27(23)37;/h3-5,11,14,16,19,24,31,34,36,38-39H,6-10,30H2,1-2H3;1H. The van der Waals surface area contributed by atoms with Crippen LogP contribution < -0.4 is 10.5 Å². The van der Waals surface area contributed by atoms with Gasteiger partial charge >= 0.3 is 5.97 Å². The van der Waals surface area contributed by atoms with Crippen LogP contribution in [0.3, 0.4) is 0 Å². The van der Waals surface area contributed by atoms with Crippen LogP contribution in [0.25, 0.3) is 0 Å². The first-order chi connectivity index (χ1) is 20.3. The lowest BCUT2D eigenvalue weighted by Gasteiger charge is -2.42. The van der Waals surface area contributed by atoms with Gasteiger partial charge in [0.05, 0.1) is 42.1 Å². The summed E-state index contributed by atoms with van der Waals surface area (Å²) in [5, 5.41) is 53.7. The molecule has 0 spiro atoms. The number of ether oxygens (including phenoxy) is 4. The minimum absolute atomic E-state index is 0. The monoisotopic (exact) mass is 637 g/mol. The number of hydrogen-bond donors (Lipinski definition) is 6. The third kappa shape index (κ3) is 5.43. The maximum atomic E-state index is 13.7. The van der Waals surface area contributed by atoms with Crippen molar-refractivity contribution in [3.63, 3.8) is 0 Å². The number of methoxy groups -OCH3 is 1. The number of aliphatic hydroxyl groups excluding tert-OH is 2. The molecule has 0 saturated carbocycles. The van der Waals surface area contributed by atoms with Crippen molar-refractivity contribution in [2.75, 3.05) is 20.3 Å². The van der Waals surface area contributed by atoms with E-state index in [1.165, 1.54) is 25.3 Å². The van der Waals surface area contributed by atoms with Crippen molar-refractivity contribution in [3.05, 3.63) is 51.6 Å². The molecule has 6 unspecified atom stereocenters. The van der Waals surface area contributed by atoms with Crippen molar-refractivity contribution in [3.8, 4) is 17.2 Å². The Morgan fingerprint density at radius 3 is 2.43 bits per heavy atom. The molecule has 2 aromatic carbocycles. The van der Waals surface area contributed by atoms with Gasteiger partial charge in [0.25, 0.3) is 0 Å². The minimum Gasteiger partial charge on any atom is -0.507 e. The molecule has 2 aromatic rings. The minimum atomic E-state index is -2.36. The molecule has 1 fully saturated rings. The Balaban J connectivity index is 0.00000442. The van der Waals surface area contributed by atoms with Gasteiger partial charge in [-0.1, -0.05) is 12.1 Å². The van der Waals surface area contributed by atoms with E-state index in [1.54, 1.807) is 6.92 Å². The molecule has 44 heavy (non-hydrogen) atoms. The van der Waals surface area contributed by atoms with E-state index in [0.717, 1.165) is 0 Å². The molecule has 238 valence electrons. The van der Waals surface area contributed by atoms with Crippen LogP contribution in [-0.4, -0.2) is 99.3 Å². The number of ketones is 3. The summed E-state index contributed by atoms with van der Waals surface area (Å²) >= 11 is 0. The van der Waals surface area contributed by atoms with Crippen molar-refractivity contribution in [1.29, 1.82) is 0 Å². The van der Waals surface area contributed by atoms with Crippen LogP contribution in [0.4, 0.5) is 0 Å². The van der Waals surface area contributed by atoms with E-state index in [1.807, 2.05) is 0 Å². The number of halogens is 1. The summed E-state index contributed by atoms with van der Waals surface area (Å²) in [5.74, 6) is -5.15. The SMILES string of the molecule is COc1cccc2c1C(=O)c1c(O)c3c(c(O)c1C2=O)CC(O)(C(=O)COC(=O)CO)CC3OC1CC(N)C(O)C(C)O1.Cl. The second kappa shape index (κ2) is 12.4. The summed E-state index contributed by atoms with van der Waals surface area (Å²) in [4.78, 5) is 51.9. The van der Waals surface area contributed by atoms with Gasteiger partial charge in [-0.25, -0.2) is 4.79 Å². The highest BCUT2D eigenvalue weighted by molar-refractivity contribution is 6.31. The Labute approximate surface area is 256 Å². The fourth-order valence-electron chi connectivity index (χ4n) is 5.93. The van der Waals surface area contributed by atoms with Crippen LogP contribution in [0.2, 0.25) is 0 Å². The van der Waals surface area contributed by atoms with E-state index < -0.39 is 108 Å². The number of nitrogens with two attached hydrogens (primary N) is 1. The molecule has 2 aliphatic carbocycles. The zero-order valence-electron chi connectivity index (χ0n) is 23.6. The number of carbonyl (C=O) groups is 4. The molecule has 1 heterocycles. The molecule has 7 N–H and O–H groups in total. The summed E-state index contributed by atoms with van der Waals surface area (Å²) in [6.45, 7) is -0.389. The zero-order chi connectivity index (χ0) is 31.4. The van der Waals surface area contributed by atoms with E-state index in [2.05, 4.69) is 0 Å². The molecule has 0 amide bonds. The number of phenolic OH excluding ortho intramolecular Hbond substituents is 2. The average molecular weight is 638 g/mol. The fraction of sp³-hybridized carbons (Fsp3) is 0.448. The Bertz CT molecular complexity index is 1520. The number of esters is 1. The van der Waals surface area contributed by atoms with E-state index >= 15 is 0 Å². The van der Waals surface area contributed by atoms with Crippen LogP contribution in [0, 0.1) is 0 Å². The lowest BCUT2D eigenvalue weighted by molar-refractivity contribution is -0.247. The Kier molecular flexibility index (Phi) is 9.38.